The number of carboxylic acid groups (broad SMARTS) is 1. The molecule has 0 aliphatic rings. The topological polar surface area (TPSA) is 46.5 Å². The molecule has 0 saturated heterocycles. The second kappa shape index (κ2) is 6.88. The fourth-order valence-corrected chi connectivity index (χ4v) is 1.64. The van der Waals surface area contributed by atoms with Gasteiger partial charge >= 0.3 is 6.16 Å². The summed E-state index contributed by atoms with van der Waals surface area (Å²) in [7, 11) is 0. The first-order valence-electron chi connectivity index (χ1n) is 5.60. The first-order chi connectivity index (χ1) is 7.70. The monoisotopic (exact) mass is 222 g/mol. The van der Waals surface area contributed by atoms with Crippen molar-refractivity contribution in [3.63, 3.8) is 0 Å². The smallest absolute Gasteiger partial charge is 0.450 e. The van der Waals surface area contributed by atoms with Crippen molar-refractivity contribution in [2.24, 2.45) is 0 Å². The van der Waals surface area contributed by atoms with Gasteiger partial charge in [-0.05, 0) is 43.7 Å². The van der Waals surface area contributed by atoms with E-state index in [0.717, 1.165) is 25.7 Å². The van der Waals surface area contributed by atoms with Gasteiger partial charge in [0.1, 0.15) is 0 Å². The SMILES string of the molecule is Cc1ccccc1CCCCCOC(=O)O. The van der Waals surface area contributed by atoms with E-state index in [1.807, 2.05) is 6.07 Å². The predicted octanol–water partition coefficient (Wildman–Crippen LogP) is 3.40. The molecular formula is C13H18O3. The quantitative estimate of drug-likeness (QED) is 0.592. The van der Waals surface area contributed by atoms with Gasteiger partial charge in [0.15, 0.2) is 0 Å². The molecule has 0 heterocycles. The van der Waals surface area contributed by atoms with Crippen LogP contribution in [0.5, 0.6) is 0 Å². The number of hydrogen-bond acceptors (Lipinski definition) is 2. The molecule has 3 heteroatoms. The van der Waals surface area contributed by atoms with Crippen LogP contribution in [0, 0.1) is 6.92 Å². The number of aryl methyl sites for hydroxylation is 2. The molecule has 0 amide bonds. The Morgan fingerprint density at radius 2 is 2.00 bits per heavy atom. The molecule has 0 bridgehead atoms. The Morgan fingerprint density at radius 1 is 1.25 bits per heavy atom. The number of carbonyl (C=O) groups is 1. The lowest BCUT2D eigenvalue weighted by Crippen LogP contribution is -2.01. The van der Waals surface area contributed by atoms with Crippen molar-refractivity contribution in [3.05, 3.63) is 35.4 Å². The standard InChI is InChI=1S/C13H18O3/c1-11-7-4-5-9-12(11)8-3-2-6-10-16-13(14)15/h4-5,7,9H,2-3,6,8,10H2,1H3,(H,14,15). The zero-order chi connectivity index (χ0) is 11.8. The Balaban J connectivity index is 2.12. The van der Waals surface area contributed by atoms with E-state index in [4.69, 9.17) is 5.11 Å². The molecule has 16 heavy (non-hydrogen) atoms. The van der Waals surface area contributed by atoms with E-state index in [1.165, 1.54) is 11.1 Å². The molecule has 0 atom stereocenters. The minimum atomic E-state index is -1.18. The normalized spacial score (nSPS) is 10.1. The molecule has 0 aromatic heterocycles. The molecule has 88 valence electrons. The summed E-state index contributed by atoms with van der Waals surface area (Å²) in [6, 6.07) is 8.35. The summed E-state index contributed by atoms with van der Waals surface area (Å²) in [6.07, 6.45) is 2.76. The number of ether oxygens (including phenoxy) is 1. The minimum Gasteiger partial charge on any atom is -0.450 e. The predicted molar refractivity (Wildman–Crippen MR) is 62.7 cm³/mol. The van der Waals surface area contributed by atoms with E-state index in [1.54, 1.807) is 0 Å². The molecule has 0 unspecified atom stereocenters. The summed E-state index contributed by atoms with van der Waals surface area (Å²) in [5, 5.41) is 8.26. The van der Waals surface area contributed by atoms with Crippen molar-refractivity contribution >= 4 is 6.16 Å². The first kappa shape index (κ1) is 12.6. The molecule has 1 aromatic rings. The highest BCUT2D eigenvalue weighted by Gasteiger charge is 1.98. The van der Waals surface area contributed by atoms with Crippen molar-refractivity contribution in [2.75, 3.05) is 6.61 Å². The Kier molecular flexibility index (Phi) is 5.40. The summed E-state index contributed by atoms with van der Waals surface area (Å²) in [5.41, 5.74) is 2.70. The highest BCUT2D eigenvalue weighted by molar-refractivity contribution is 5.56. The van der Waals surface area contributed by atoms with Gasteiger partial charge in [0.05, 0.1) is 6.61 Å². The van der Waals surface area contributed by atoms with Crippen LogP contribution in [-0.2, 0) is 11.2 Å². The van der Waals surface area contributed by atoms with Crippen molar-refractivity contribution < 1.29 is 14.6 Å². The van der Waals surface area contributed by atoms with E-state index < -0.39 is 6.16 Å². The molecule has 1 N–H and O–H groups in total. The molecule has 1 aromatic carbocycles. The molecule has 0 spiro atoms. The second-order valence-electron chi connectivity index (χ2n) is 3.85. The van der Waals surface area contributed by atoms with Gasteiger partial charge in [-0.15, -0.1) is 0 Å². The van der Waals surface area contributed by atoms with Crippen LogP contribution in [0.2, 0.25) is 0 Å². The highest BCUT2D eigenvalue weighted by atomic mass is 16.7. The Bertz CT molecular complexity index is 334. The van der Waals surface area contributed by atoms with Gasteiger partial charge in [-0.1, -0.05) is 24.3 Å². The van der Waals surface area contributed by atoms with Crippen molar-refractivity contribution in [1.82, 2.24) is 0 Å². The van der Waals surface area contributed by atoms with Crippen LogP contribution in [-0.4, -0.2) is 17.9 Å². The molecule has 3 nitrogen and oxygen atoms in total. The maximum Gasteiger partial charge on any atom is 0.505 e. The van der Waals surface area contributed by atoms with Gasteiger partial charge < -0.3 is 9.84 Å². The molecule has 0 radical (unpaired) electrons. The third-order valence-electron chi connectivity index (χ3n) is 2.58. The summed E-state index contributed by atoms with van der Waals surface area (Å²) in [5.74, 6) is 0. The van der Waals surface area contributed by atoms with Crippen LogP contribution < -0.4 is 0 Å². The van der Waals surface area contributed by atoms with Crippen molar-refractivity contribution in [3.8, 4) is 0 Å². The van der Waals surface area contributed by atoms with Crippen LogP contribution in [0.1, 0.15) is 30.4 Å². The van der Waals surface area contributed by atoms with Crippen LogP contribution >= 0.6 is 0 Å². The lowest BCUT2D eigenvalue weighted by atomic mass is 10.0. The summed E-state index contributed by atoms with van der Waals surface area (Å²) in [4.78, 5) is 10.1. The average molecular weight is 222 g/mol. The third-order valence-corrected chi connectivity index (χ3v) is 2.58. The largest absolute Gasteiger partial charge is 0.505 e. The molecule has 1 rings (SSSR count). The summed E-state index contributed by atoms with van der Waals surface area (Å²) >= 11 is 0. The number of unbranched alkanes of at least 4 members (excludes halogenated alkanes) is 2. The van der Waals surface area contributed by atoms with E-state index >= 15 is 0 Å². The Morgan fingerprint density at radius 3 is 2.69 bits per heavy atom. The van der Waals surface area contributed by atoms with Crippen LogP contribution in [0.3, 0.4) is 0 Å². The van der Waals surface area contributed by atoms with Gasteiger partial charge in [0.25, 0.3) is 0 Å². The zero-order valence-corrected chi connectivity index (χ0v) is 9.61. The first-order valence-corrected chi connectivity index (χ1v) is 5.60. The maximum absolute atomic E-state index is 10.1. The molecule has 0 fully saturated rings. The minimum absolute atomic E-state index is 0.309. The molecule has 0 aliphatic carbocycles. The van der Waals surface area contributed by atoms with E-state index in [2.05, 4.69) is 29.9 Å². The maximum atomic E-state index is 10.1. The van der Waals surface area contributed by atoms with Crippen molar-refractivity contribution in [2.45, 2.75) is 32.6 Å². The summed E-state index contributed by atoms with van der Waals surface area (Å²) in [6.45, 7) is 2.42. The van der Waals surface area contributed by atoms with Crippen LogP contribution in [0.25, 0.3) is 0 Å². The average Bonchev–Trinajstić information content (AvgIpc) is 2.25. The van der Waals surface area contributed by atoms with Gasteiger partial charge in [-0.3, -0.25) is 0 Å². The van der Waals surface area contributed by atoms with Crippen LogP contribution in [0.15, 0.2) is 24.3 Å². The number of hydrogen-bond donors (Lipinski definition) is 1. The molecule has 0 aliphatic heterocycles. The molecule has 0 saturated carbocycles. The van der Waals surface area contributed by atoms with Gasteiger partial charge in [-0.25, -0.2) is 4.79 Å². The van der Waals surface area contributed by atoms with Gasteiger partial charge in [0, 0.05) is 0 Å². The Labute approximate surface area is 96.1 Å². The zero-order valence-electron chi connectivity index (χ0n) is 9.61. The fourth-order valence-electron chi connectivity index (χ4n) is 1.64. The number of benzene rings is 1. The highest BCUT2D eigenvalue weighted by Crippen LogP contribution is 2.11. The summed E-state index contributed by atoms with van der Waals surface area (Å²) < 4.78 is 4.43. The van der Waals surface area contributed by atoms with E-state index in [9.17, 15) is 4.79 Å². The van der Waals surface area contributed by atoms with Gasteiger partial charge in [0.2, 0.25) is 0 Å². The Hall–Kier alpha value is -1.51. The number of rotatable bonds is 6. The second-order valence-corrected chi connectivity index (χ2v) is 3.85. The fraction of sp³-hybridized carbons (Fsp3) is 0.462. The van der Waals surface area contributed by atoms with Gasteiger partial charge in [-0.2, -0.15) is 0 Å². The molecular weight excluding hydrogens is 204 g/mol. The van der Waals surface area contributed by atoms with E-state index in [-0.39, 0.29) is 0 Å². The van der Waals surface area contributed by atoms with Crippen LogP contribution in [0.4, 0.5) is 4.79 Å². The van der Waals surface area contributed by atoms with E-state index in [0.29, 0.717) is 6.61 Å². The lowest BCUT2D eigenvalue weighted by Gasteiger charge is -2.05. The lowest BCUT2D eigenvalue weighted by molar-refractivity contribution is 0.0900. The van der Waals surface area contributed by atoms with Crippen molar-refractivity contribution in [1.29, 1.82) is 0 Å². The third kappa shape index (κ3) is 4.82.